The van der Waals surface area contributed by atoms with Gasteiger partial charge >= 0.3 is 0 Å². The van der Waals surface area contributed by atoms with Crippen LogP contribution in [0.15, 0.2) is 22.7 Å². The molecule has 0 aromatic heterocycles. The van der Waals surface area contributed by atoms with Crippen molar-refractivity contribution in [3.63, 3.8) is 0 Å². The van der Waals surface area contributed by atoms with Gasteiger partial charge in [0.15, 0.2) is 0 Å². The summed E-state index contributed by atoms with van der Waals surface area (Å²) in [6, 6.07) is 4.51. The number of β-amino-alcohol motifs (C(OH)–C–C–N with tert-alkyl or cyclic N) is 1. The van der Waals surface area contributed by atoms with E-state index in [-0.39, 0.29) is 18.0 Å². The lowest BCUT2D eigenvalue weighted by Gasteiger charge is -2.22. The lowest BCUT2D eigenvalue weighted by Crippen LogP contribution is -2.42. The Hall–Kier alpha value is -0.650. The number of nitrogens with one attached hydrogen (secondary N) is 1. The molecule has 18 heavy (non-hydrogen) atoms. The predicted molar refractivity (Wildman–Crippen MR) is 73.4 cm³/mol. The summed E-state index contributed by atoms with van der Waals surface area (Å²) in [7, 11) is 0. The summed E-state index contributed by atoms with van der Waals surface area (Å²) >= 11 is 3.07. The molecule has 0 heterocycles. The highest BCUT2D eigenvalue weighted by Crippen LogP contribution is 2.20. The molecule has 1 aromatic rings. The van der Waals surface area contributed by atoms with Crippen molar-refractivity contribution in [2.75, 3.05) is 13.2 Å². The maximum atomic E-state index is 13.2. The monoisotopic (exact) mass is 319 g/mol. The summed E-state index contributed by atoms with van der Waals surface area (Å²) < 4.78 is 18.9. The first-order valence-corrected chi connectivity index (χ1v) is 6.58. The van der Waals surface area contributed by atoms with Crippen molar-refractivity contribution < 1.29 is 14.2 Å². The Labute approximate surface area is 115 Å². The molecule has 1 atom stereocenters. The third-order valence-electron chi connectivity index (χ3n) is 2.20. The highest BCUT2D eigenvalue weighted by atomic mass is 79.9. The number of halogens is 2. The molecule has 102 valence electrons. The van der Waals surface area contributed by atoms with Crippen LogP contribution in [0.1, 0.15) is 20.8 Å². The van der Waals surface area contributed by atoms with Gasteiger partial charge in [-0.05, 0) is 48.8 Å². The average Bonchev–Trinajstić information content (AvgIpc) is 2.27. The molecule has 0 aliphatic rings. The van der Waals surface area contributed by atoms with Gasteiger partial charge in [0, 0.05) is 18.2 Å². The Balaban J connectivity index is 2.38. The smallest absolute Gasteiger partial charge is 0.141 e. The van der Waals surface area contributed by atoms with Gasteiger partial charge in [-0.15, -0.1) is 0 Å². The van der Waals surface area contributed by atoms with E-state index in [9.17, 15) is 9.50 Å². The SMILES string of the molecule is CC(C)(C)NCC(O)COc1ccc(Br)c(F)c1. The topological polar surface area (TPSA) is 41.5 Å². The summed E-state index contributed by atoms with van der Waals surface area (Å²) in [6.07, 6.45) is -0.629. The van der Waals surface area contributed by atoms with Gasteiger partial charge in [-0.2, -0.15) is 0 Å². The van der Waals surface area contributed by atoms with Crippen LogP contribution in [0.4, 0.5) is 4.39 Å². The van der Waals surface area contributed by atoms with E-state index in [1.54, 1.807) is 12.1 Å². The molecule has 0 aliphatic carbocycles. The van der Waals surface area contributed by atoms with E-state index in [0.29, 0.717) is 16.8 Å². The lowest BCUT2D eigenvalue weighted by molar-refractivity contribution is 0.0999. The van der Waals surface area contributed by atoms with Gasteiger partial charge in [-0.25, -0.2) is 4.39 Å². The van der Waals surface area contributed by atoms with Gasteiger partial charge in [0.2, 0.25) is 0 Å². The maximum Gasteiger partial charge on any atom is 0.141 e. The van der Waals surface area contributed by atoms with E-state index in [1.807, 2.05) is 20.8 Å². The van der Waals surface area contributed by atoms with Crippen molar-refractivity contribution in [1.82, 2.24) is 5.32 Å². The highest BCUT2D eigenvalue weighted by Gasteiger charge is 2.12. The molecule has 0 saturated carbocycles. The van der Waals surface area contributed by atoms with Crippen LogP contribution in [-0.2, 0) is 0 Å². The van der Waals surface area contributed by atoms with E-state index in [2.05, 4.69) is 21.2 Å². The second-order valence-electron chi connectivity index (χ2n) is 5.17. The van der Waals surface area contributed by atoms with Crippen LogP contribution in [0.2, 0.25) is 0 Å². The minimum absolute atomic E-state index is 0.0509. The summed E-state index contributed by atoms with van der Waals surface area (Å²) in [5.74, 6) is 0.0281. The predicted octanol–water partition coefficient (Wildman–Crippen LogP) is 2.72. The van der Waals surface area contributed by atoms with Gasteiger partial charge in [0.1, 0.15) is 24.3 Å². The van der Waals surface area contributed by atoms with Crippen molar-refractivity contribution >= 4 is 15.9 Å². The molecule has 0 fully saturated rings. The average molecular weight is 320 g/mol. The Morgan fingerprint density at radius 1 is 1.44 bits per heavy atom. The van der Waals surface area contributed by atoms with Crippen molar-refractivity contribution in [2.45, 2.75) is 32.4 Å². The molecule has 0 aliphatic heterocycles. The Kier molecular flexibility index (Phi) is 5.56. The second-order valence-corrected chi connectivity index (χ2v) is 6.03. The van der Waals surface area contributed by atoms with Gasteiger partial charge in [-0.1, -0.05) is 0 Å². The molecule has 1 aromatic carbocycles. The molecule has 0 radical (unpaired) electrons. The van der Waals surface area contributed by atoms with Crippen LogP contribution < -0.4 is 10.1 Å². The first kappa shape index (κ1) is 15.4. The zero-order valence-electron chi connectivity index (χ0n) is 10.8. The first-order chi connectivity index (χ1) is 8.28. The Bertz CT molecular complexity index is 393. The number of hydrogen-bond acceptors (Lipinski definition) is 3. The van der Waals surface area contributed by atoms with Crippen molar-refractivity contribution in [1.29, 1.82) is 0 Å². The normalized spacial score (nSPS) is 13.4. The largest absolute Gasteiger partial charge is 0.491 e. The first-order valence-electron chi connectivity index (χ1n) is 5.79. The van der Waals surface area contributed by atoms with E-state index >= 15 is 0 Å². The van der Waals surface area contributed by atoms with Gasteiger partial charge in [-0.3, -0.25) is 0 Å². The molecule has 0 saturated heterocycles. The fourth-order valence-electron chi connectivity index (χ4n) is 1.24. The highest BCUT2D eigenvalue weighted by molar-refractivity contribution is 9.10. The number of rotatable bonds is 5. The van der Waals surface area contributed by atoms with Crippen LogP contribution in [0.3, 0.4) is 0 Å². The summed E-state index contributed by atoms with van der Waals surface area (Å²) in [6.45, 7) is 6.62. The van der Waals surface area contributed by atoms with Gasteiger partial charge in [0.05, 0.1) is 4.47 Å². The van der Waals surface area contributed by atoms with Crippen molar-refractivity contribution in [2.24, 2.45) is 0 Å². The number of benzene rings is 1. The summed E-state index contributed by atoms with van der Waals surface area (Å²) in [4.78, 5) is 0. The molecule has 0 spiro atoms. The van der Waals surface area contributed by atoms with E-state index < -0.39 is 6.10 Å². The summed E-state index contributed by atoms with van der Waals surface area (Å²) in [5, 5.41) is 12.9. The van der Waals surface area contributed by atoms with Crippen LogP contribution in [-0.4, -0.2) is 29.9 Å². The zero-order valence-corrected chi connectivity index (χ0v) is 12.4. The zero-order chi connectivity index (χ0) is 13.8. The lowest BCUT2D eigenvalue weighted by atomic mass is 10.1. The quantitative estimate of drug-likeness (QED) is 0.876. The van der Waals surface area contributed by atoms with Gasteiger partial charge in [0.25, 0.3) is 0 Å². The standard InChI is InChI=1S/C13H19BrFNO2/c1-13(2,3)16-7-9(17)8-18-10-4-5-11(14)12(15)6-10/h4-6,9,16-17H,7-8H2,1-3H3. The Morgan fingerprint density at radius 3 is 2.67 bits per heavy atom. The fourth-order valence-corrected chi connectivity index (χ4v) is 1.49. The molecule has 1 rings (SSSR count). The molecule has 0 bridgehead atoms. The molecule has 3 nitrogen and oxygen atoms in total. The van der Waals surface area contributed by atoms with Crippen molar-refractivity contribution in [3.05, 3.63) is 28.5 Å². The molecule has 2 N–H and O–H groups in total. The second kappa shape index (κ2) is 6.50. The van der Waals surface area contributed by atoms with E-state index in [0.717, 1.165) is 0 Å². The number of ether oxygens (including phenoxy) is 1. The number of aliphatic hydroxyl groups excluding tert-OH is 1. The van der Waals surface area contributed by atoms with Crippen LogP contribution in [0, 0.1) is 5.82 Å². The Morgan fingerprint density at radius 2 is 2.11 bits per heavy atom. The molecular formula is C13H19BrFNO2. The number of aliphatic hydroxyl groups is 1. The minimum atomic E-state index is -0.629. The van der Waals surface area contributed by atoms with Gasteiger partial charge < -0.3 is 15.2 Å². The molecule has 0 amide bonds. The van der Waals surface area contributed by atoms with Crippen LogP contribution in [0.5, 0.6) is 5.75 Å². The van der Waals surface area contributed by atoms with Crippen molar-refractivity contribution in [3.8, 4) is 5.75 Å². The van der Waals surface area contributed by atoms with Crippen LogP contribution >= 0.6 is 15.9 Å². The summed E-state index contributed by atoms with van der Waals surface area (Å²) in [5.41, 5.74) is -0.0509. The molecule has 1 unspecified atom stereocenters. The third kappa shape index (κ3) is 5.80. The molecule has 5 heteroatoms. The van der Waals surface area contributed by atoms with Crippen LogP contribution in [0.25, 0.3) is 0 Å². The minimum Gasteiger partial charge on any atom is -0.491 e. The fraction of sp³-hybridized carbons (Fsp3) is 0.538. The molecular weight excluding hydrogens is 301 g/mol. The van der Waals surface area contributed by atoms with E-state index in [1.165, 1.54) is 6.07 Å². The van der Waals surface area contributed by atoms with E-state index in [4.69, 9.17) is 4.74 Å². The third-order valence-corrected chi connectivity index (χ3v) is 2.84. The maximum absolute atomic E-state index is 13.2. The number of hydrogen-bond donors (Lipinski definition) is 2.